The molecule has 1 atom stereocenters. The molecular formula is C16H25NO4S. The van der Waals surface area contributed by atoms with E-state index in [4.69, 9.17) is 14.2 Å². The first-order valence-electron chi connectivity index (χ1n) is 7.82. The maximum Gasteiger partial charge on any atom is 0.223 e. The van der Waals surface area contributed by atoms with Crippen LogP contribution in [0.25, 0.3) is 0 Å². The van der Waals surface area contributed by atoms with Crippen molar-refractivity contribution in [2.24, 2.45) is 0 Å². The van der Waals surface area contributed by atoms with Crippen LogP contribution in [0, 0.1) is 0 Å². The zero-order chi connectivity index (χ0) is 15.6. The predicted octanol–water partition coefficient (Wildman–Crippen LogP) is 2.31. The van der Waals surface area contributed by atoms with Crippen LogP contribution in [0.2, 0.25) is 0 Å². The van der Waals surface area contributed by atoms with E-state index in [1.165, 1.54) is 10.4 Å². The summed E-state index contributed by atoms with van der Waals surface area (Å²) in [5, 5.41) is 5.04. The largest absolute Gasteiger partial charge is 0.382 e. The molecule has 2 heterocycles. The molecule has 1 aliphatic rings. The van der Waals surface area contributed by atoms with Gasteiger partial charge in [0.05, 0.1) is 26.2 Å². The molecule has 124 valence electrons. The minimum Gasteiger partial charge on any atom is -0.382 e. The van der Waals surface area contributed by atoms with E-state index < -0.39 is 0 Å². The first-order chi connectivity index (χ1) is 10.8. The highest BCUT2D eigenvalue weighted by molar-refractivity contribution is 7.10. The van der Waals surface area contributed by atoms with Crippen molar-refractivity contribution in [2.45, 2.75) is 31.8 Å². The zero-order valence-corrected chi connectivity index (χ0v) is 14.0. The monoisotopic (exact) mass is 327 g/mol. The molecule has 2 rings (SSSR count). The second-order valence-corrected chi connectivity index (χ2v) is 6.23. The van der Waals surface area contributed by atoms with E-state index in [1.807, 2.05) is 0 Å². The number of amides is 1. The highest BCUT2D eigenvalue weighted by Gasteiger charge is 2.24. The van der Waals surface area contributed by atoms with Crippen LogP contribution >= 0.6 is 11.3 Å². The quantitative estimate of drug-likeness (QED) is 0.670. The van der Waals surface area contributed by atoms with Crippen molar-refractivity contribution in [3.8, 4) is 0 Å². The number of carbonyl (C=O) groups is 1. The van der Waals surface area contributed by atoms with Gasteiger partial charge in [-0.25, -0.2) is 0 Å². The van der Waals surface area contributed by atoms with E-state index in [9.17, 15) is 4.79 Å². The third-order valence-corrected chi connectivity index (χ3v) is 4.65. The molecule has 1 aliphatic heterocycles. The van der Waals surface area contributed by atoms with Crippen molar-refractivity contribution in [1.29, 1.82) is 0 Å². The fourth-order valence-corrected chi connectivity index (χ4v) is 3.42. The molecule has 1 aromatic rings. The van der Waals surface area contributed by atoms with Gasteiger partial charge >= 0.3 is 0 Å². The number of nitrogens with one attached hydrogen (secondary N) is 1. The van der Waals surface area contributed by atoms with Gasteiger partial charge in [0.2, 0.25) is 5.91 Å². The summed E-state index contributed by atoms with van der Waals surface area (Å²) in [6.45, 7) is 3.37. The lowest BCUT2D eigenvalue weighted by molar-refractivity contribution is -0.124. The number of rotatable bonds is 10. The number of thiophene rings is 1. The Morgan fingerprint density at radius 2 is 2.32 bits per heavy atom. The molecule has 1 amide bonds. The molecule has 6 heteroatoms. The normalized spacial score (nSPS) is 17.2. The van der Waals surface area contributed by atoms with Crippen LogP contribution in [0.15, 0.2) is 11.4 Å². The van der Waals surface area contributed by atoms with Gasteiger partial charge < -0.3 is 19.5 Å². The molecule has 0 saturated heterocycles. The van der Waals surface area contributed by atoms with Crippen LogP contribution in [0.4, 0.5) is 0 Å². The van der Waals surface area contributed by atoms with Crippen LogP contribution in [-0.2, 0) is 25.4 Å². The van der Waals surface area contributed by atoms with Crippen LogP contribution in [-0.4, -0.2) is 46.0 Å². The molecule has 1 N–H and O–H groups in total. The summed E-state index contributed by atoms with van der Waals surface area (Å²) < 4.78 is 16.0. The lowest BCUT2D eigenvalue weighted by Crippen LogP contribution is -2.28. The second-order valence-electron chi connectivity index (χ2n) is 5.29. The highest BCUT2D eigenvalue weighted by atomic mass is 32.1. The topological polar surface area (TPSA) is 56.8 Å². The summed E-state index contributed by atoms with van der Waals surface area (Å²) in [5.41, 5.74) is 1.34. The van der Waals surface area contributed by atoms with E-state index in [0.29, 0.717) is 39.4 Å². The molecule has 0 aliphatic carbocycles. The van der Waals surface area contributed by atoms with Crippen molar-refractivity contribution in [3.05, 3.63) is 21.9 Å². The summed E-state index contributed by atoms with van der Waals surface area (Å²) >= 11 is 1.69. The second kappa shape index (κ2) is 9.94. The summed E-state index contributed by atoms with van der Waals surface area (Å²) in [5.74, 6) is 0.0616. The van der Waals surface area contributed by atoms with Crippen LogP contribution in [0.5, 0.6) is 0 Å². The first-order valence-corrected chi connectivity index (χ1v) is 8.70. The van der Waals surface area contributed by atoms with Gasteiger partial charge in [-0.3, -0.25) is 4.79 Å². The maximum absolute atomic E-state index is 12.0. The van der Waals surface area contributed by atoms with E-state index in [0.717, 1.165) is 19.3 Å². The fourth-order valence-electron chi connectivity index (χ4n) is 2.42. The Hall–Kier alpha value is -0.950. The molecule has 0 bridgehead atoms. The first kappa shape index (κ1) is 17.4. The number of methoxy groups -OCH3 is 1. The molecule has 0 fully saturated rings. The molecule has 1 aromatic heterocycles. The van der Waals surface area contributed by atoms with Gasteiger partial charge in [0.1, 0.15) is 6.10 Å². The number of unbranched alkanes of at least 4 members (excludes halogenated alkanes) is 1. The third kappa shape index (κ3) is 5.68. The lowest BCUT2D eigenvalue weighted by atomic mass is 10.1. The zero-order valence-electron chi connectivity index (χ0n) is 13.1. The van der Waals surface area contributed by atoms with E-state index in [2.05, 4.69) is 16.8 Å². The number of ether oxygens (including phenoxy) is 3. The van der Waals surface area contributed by atoms with Crippen LogP contribution < -0.4 is 5.32 Å². The Kier molecular flexibility index (Phi) is 7.87. The summed E-state index contributed by atoms with van der Waals surface area (Å²) in [6.07, 6.45) is 3.17. The minimum atomic E-state index is -0.0684. The molecular weight excluding hydrogens is 302 g/mol. The Morgan fingerprint density at radius 1 is 1.41 bits per heavy atom. The Balaban J connectivity index is 1.56. The number of hydrogen-bond acceptors (Lipinski definition) is 5. The summed E-state index contributed by atoms with van der Waals surface area (Å²) in [4.78, 5) is 13.2. The number of hydrogen-bond donors (Lipinski definition) is 1. The standard InChI is InChI=1S/C16H25NO4S/c1-19-9-10-20-7-3-2-6-17-15(18)12-14-16-13(4-8-21-14)5-11-22-16/h5,11,14H,2-4,6-10,12H2,1H3,(H,17,18). The van der Waals surface area contributed by atoms with Gasteiger partial charge in [-0.15, -0.1) is 11.3 Å². The molecule has 0 spiro atoms. The van der Waals surface area contributed by atoms with E-state index in [1.54, 1.807) is 18.4 Å². The average Bonchev–Trinajstić information content (AvgIpc) is 2.99. The summed E-state index contributed by atoms with van der Waals surface area (Å²) in [7, 11) is 1.66. The number of carbonyl (C=O) groups excluding carboxylic acids is 1. The number of fused-ring (bicyclic) bond motifs is 1. The molecule has 0 aromatic carbocycles. The van der Waals surface area contributed by atoms with Gasteiger partial charge in [0.25, 0.3) is 0 Å². The van der Waals surface area contributed by atoms with Crippen molar-refractivity contribution in [1.82, 2.24) is 5.32 Å². The van der Waals surface area contributed by atoms with Gasteiger partial charge in [-0.2, -0.15) is 0 Å². The van der Waals surface area contributed by atoms with Crippen molar-refractivity contribution >= 4 is 17.2 Å². The Bertz CT molecular complexity index is 449. The van der Waals surface area contributed by atoms with Gasteiger partial charge in [-0.1, -0.05) is 0 Å². The van der Waals surface area contributed by atoms with Gasteiger partial charge in [0, 0.05) is 25.1 Å². The highest BCUT2D eigenvalue weighted by Crippen LogP contribution is 2.33. The average molecular weight is 327 g/mol. The molecule has 0 radical (unpaired) electrons. The van der Waals surface area contributed by atoms with Crippen LogP contribution in [0.3, 0.4) is 0 Å². The molecule has 0 saturated carbocycles. The van der Waals surface area contributed by atoms with Crippen LogP contribution in [0.1, 0.15) is 35.8 Å². The van der Waals surface area contributed by atoms with Gasteiger partial charge in [0.15, 0.2) is 0 Å². The minimum absolute atomic E-state index is 0.0616. The summed E-state index contributed by atoms with van der Waals surface area (Å²) in [6, 6.07) is 2.14. The Morgan fingerprint density at radius 3 is 3.18 bits per heavy atom. The third-order valence-electron chi connectivity index (χ3n) is 3.60. The SMILES string of the molecule is COCCOCCCCNC(=O)CC1OCCc2ccsc21. The van der Waals surface area contributed by atoms with Crippen molar-refractivity contribution < 1.29 is 19.0 Å². The molecule has 5 nitrogen and oxygen atoms in total. The molecule has 22 heavy (non-hydrogen) atoms. The van der Waals surface area contributed by atoms with E-state index in [-0.39, 0.29) is 12.0 Å². The maximum atomic E-state index is 12.0. The smallest absolute Gasteiger partial charge is 0.223 e. The fraction of sp³-hybridized carbons (Fsp3) is 0.688. The molecule has 1 unspecified atom stereocenters. The van der Waals surface area contributed by atoms with Crippen molar-refractivity contribution in [2.75, 3.05) is 40.1 Å². The predicted molar refractivity (Wildman–Crippen MR) is 86.3 cm³/mol. The van der Waals surface area contributed by atoms with Gasteiger partial charge in [-0.05, 0) is 36.3 Å². The lowest BCUT2D eigenvalue weighted by Gasteiger charge is -2.22. The van der Waals surface area contributed by atoms with E-state index >= 15 is 0 Å². The van der Waals surface area contributed by atoms with Crippen molar-refractivity contribution in [3.63, 3.8) is 0 Å². The Labute approximate surface area is 135 Å².